The van der Waals surface area contributed by atoms with Crippen LogP contribution in [0.25, 0.3) is 0 Å². The van der Waals surface area contributed by atoms with Crippen LogP contribution in [0.2, 0.25) is 0 Å². The zero-order valence-electron chi connectivity index (χ0n) is 12.2. The van der Waals surface area contributed by atoms with Crippen molar-refractivity contribution in [3.8, 4) is 0 Å². The number of Topliss-reactive ketones (excluding diaryl/α,β-unsaturated/α-hetero) is 1. The van der Waals surface area contributed by atoms with Crippen molar-refractivity contribution in [1.82, 2.24) is 0 Å². The number of carbonyl (C=O) groups excluding carboxylic acids is 1. The predicted octanol–water partition coefficient (Wildman–Crippen LogP) is 2.00. The van der Waals surface area contributed by atoms with E-state index in [0.717, 1.165) is 19.3 Å². The Morgan fingerprint density at radius 2 is 2.00 bits per heavy atom. The Labute approximate surface area is 115 Å². The number of ether oxygens (including phenoxy) is 2. The minimum atomic E-state index is -0.639. The van der Waals surface area contributed by atoms with Crippen molar-refractivity contribution in [2.45, 2.75) is 44.8 Å². The maximum Gasteiger partial charge on any atom is 0.171 e. The molecule has 0 amide bonds. The van der Waals surface area contributed by atoms with Gasteiger partial charge in [0.05, 0.1) is 0 Å². The molecule has 4 heteroatoms. The number of aliphatic hydroxyl groups excluding tert-OH is 1. The van der Waals surface area contributed by atoms with Crippen LogP contribution in [0.5, 0.6) is 0 Å². The number of fused-ring (bicyclic) bond motifs is 1. The van der Waals surface area contributed by atoms with Gasteiger partial charge in [-0.05, 0) is 24.7 Å². The van der Waals surface area contributed by atoms with E-state index in [4.69, 9.17) is 9.47 Å². The first kappa shape index (κ1) is 14.9. The van der Waals surface area contributed by atoms with E-state index in [1.165, 1.54) is 0 Å². The summed E-state index contributed by atoms with van der Waals surface area (Å²) in [5.74, 6) is 0.467. The third kappa shape index (κ3) is 2.46. The number of methoxy groups -OCH3 is 2. The molecule has 2 aliphatic carbocycles. The van der Waals surface area contributed by atoms with E-state index in [1.807, 2.05) is 0 Å². The molecule has 2 rings (SSSR count). The monoisotopic (exact) mass is 270 g/mol. The fraction of sp³-hybridized carbons (Fsp3) is 0.933. The molecule has 19 heavy (non-hydrogen) atoms. The minimum absolute atomic E-state index is 0.0430. The lowest BCUT2D eigenvalue weighted by Crippen LogP contribution is -2.56. The molecule has 0 aromatic rings. The highest BCUT2D eigenvalue weighted by Crippen LogP contribution is 2.51. The highest BCUT2D eigenvalue weighted by atomic mass is 16.7. The fourth-order valence-corrected chi connectivity index (χ4v) is 4.26. The second-order valence-corrected chi connectivity index (χ2v) is 6.01. The minimum Gasteiger partial charge on any atom is -0.396 e. The average molecular weight is 270 g/mol. The van der Waals surface area contributed by atoms with E-state index in [2.05, 4.69) is 6.92 Å². The Morgan fingerprint density at radius 1 is 1.32 bits per heavy atom. The summed E-state index contributed by atoms with van der Waals surface area (Å²) in [4.78, 5) is 12.3. The highest BCUT2D eigenvalue weighted by Gasteiger charge is 2.54. The van der Waals surface area contributed by atoms with Gasteiger partial charge in [0.15, 0.2) is 5.79 Å². The van der Waals surface area contributed by atoms with Crippen molar-refractivity contribution in [2.24, 2.45) is 23.7 Å². The van der Waals surface area contributed by atoms with Gasteiger partial charge < -0.3 is 14.6 Å². The number of aliphatic hydroxyl groups is 1. The molecular formula is C15H26O4. The molecule has 2 aliphatic rings. The van der Waals surface area contributed by atoms with Gasteiger partial charge in [-0.25, -0.2) is 0 Å². The molecule has 0 bridgehead atoms. The second kappa shape index (κ2) is 5.90. The highest BCUT2D eigenvalue weighted by molar-refractivity contribution is 5.83. The topological polar surface area (TPSA) is 55.8 Å². The molecule has 4 nitrogen and oxygen atoms in total. The Hall–Kier alpha value is -0.450. The molecule has 2 saturated carbocycles. The zero-order valence-corrected chi connectivity index (χ0v) is 12.2. The molecule has 110 valence electrons. The maximum absolute atomic E-state index is 12.3. The Kier molecular flexibility index (Phi) is 4.64. The SMILES string of the molecule is CC[C@H]1C[C@@H](CO)C[C@@H]2[C@H]1C(=O)CCC2(OC)OC. The standard InChI is InChI=1S/C15H26O4/c1-4-11-7-10(9-16)8-12-14(11)13(17)5-6-15(12,18-2)19-3/h10-12,14,16H,4-9H2,1-3H3/t10-,11+,12-,14+/m1/s1. The van der Waals surface area contributed by atoms with Crippen LogP contribution in [0.4, 0.5) is 0 Å². The van der Waals surface area contributed by atoms with E-state index in [1.54, 1.807) is 14.2 Å². The Balaban J connectivity index is 2.32. The number of hydrogen-bond acceptors (Lipinski definition) is 4. The number of carbonyl (C=O) groups is 1. The molecule has 0 aromatic heterocycles. The van der Waals surface area contributed by atoms with Crippen LogP contribution in [0, 0.1) is 23.7 Å². The number of hydrogen-bond donors (Lipinski definition) is 1. The summed E-state index contributed by atoms with van der Waals surface area (Å²) in [5.41, 5.74) is 0. The van der Waals surface area contributed by atoms with Crippen molar-refractivity contribution in [1.29, 1.82) is 0 Å². The smallest absolute Gasteiger partial charge is 0.171 e. The molecule has 1 N–H and O–H groups in total. The van der Waals surface area contributed by atoms with Crippen molar-refractivity contribution >= 4 is 5.78 Å². The van der Waals surface area contributed by atoms with Crippen molar-refractivity contribution in [3.05, 3.63) is 0 Å². The van der Waals surface area contributed by atoms with Gasteiger partial charge in [-0.2, -0.15) is 0 Å². The first-order chi connectivity index (χ1) is 9.11. The Morgan fingerprint density at radius 3 is 2.53 bits per heavy atom. The summed E-state index contributed by atoms with van der Waals surface area (Å²) >= 11 is 0. The number of rotatable bonds is 4. The van der Waals surface area contributed by atoms with Crippen LogP contribution >= 0.6 is 0 Å². The van der Waals surface area contributed by atoms with Gasteiger partial charge in [-0.1, -0.05) is 13.3 Å². The van der Waals surface area contributed by atoms with E-state index < -0.39 is 5.79 Å². The number of ketones is 1. The van der Waals surface area contributed by atoms with Crippen molar-refractivity contribution in [3.63, 3.8) is 0 Å². The van der Waals surface area contributed by atoms with E-state index >= 15 is 0 Å². The van der Waals surface area contributed by atoms with Crippen LogP contribution in [0.15, 0.2) is 0 Å². The van der Waals surface area contributed by atoms with Crippen LogP contribution in [0.3, 0.4) is 0 Å². The summed E-state index contributed by atoms with van der Waals surface area (Å²) in [6.07, 6.45) is 3.93. The lowest BCUT2D eigenvalue weighted by molar-refractivity contribution is -0.272. The predicted molar refractivity (Wildman–Crippen MR) is 71.6 cm³/mol. The Bertz CT molecular complexity index is 324. The summed E-state index contributed by atoms with van der Waals surface area (Å²) in [6.45, 7) is 2.32. The van der Waals surface area contributed by atoms with Gasteiger partial charge >= 0.3 is 0 Å². The van der Waals surface area contributed by atoms with Crippen LogP contribution < -0.4 is 0 Å². The van der Waals surface area contributed by atoms with E-state index in [9.17, 15) is 9.90 Å². The van der Waals surface area contributed by atoms with Crippen molar-refractivity contribution in [2.75, 3.05) is 20.8 Å². The lowest BCUT2D eigenvalue weighted by Gasteiger charge is -2.51. The molecule has 0 radical (unpaired) electrons. The van der Waals surface area contributed by atoms with Gasteiger partial charge in [0, 0.05) is 45.5 Å². The molecule has 0 heterocycles. The molecule has 0 spiro atoms. The molecule has 0 aliphatic heterocycles. The van der Waals surface area contributed by atoms with Gasteiger partial charge in [-0.3, -0.25) is 4.79 Å². The van der Waals surface area contributed by atoms with Gasteiger partial charge in [0.2, 0.25) is 0 Å². The third-order valence-corrected chi connectivity index (χ3v) is 5.29. The van der Waals surface area contributed by atoms with Gasteiger partial charge in [0.25, 0.3) is 0 Å². The first-order valence-corrected chi connectivity index (χ1v) is 7.35. The average Bonchev–Trinajstić information content (AvgIpc) is 2.47. The third-order valence-electron chi connectivity index (χ3n) is 5.29. The first-order valence-electron chi connectivity index (χ1n) is 7.35. The van der Waals surface area contributed by atoms with Gasteiger partial charge in [-0.15, -0.1) is 0 Å². The molecule has 4 atom stereocenters. The molecular weight excluding hydrogens is 244 g/mol. The normalized spacial score (nSPS) is 38.0. The molecule has 0 unspecified atom stereocenters. The van der Waals surface area contributed by atoms with Crippen LogP contribution in [0.1, 0.15) is 39.0 Å². The molecule has 0 saturated heterocycles. The lowest BCUT2D eigenvalue weighted by atomic mass is 9.59. The molecule has 2 fully saturated rings. The van der Waals surface area contributed by atoms with E-state index in [0.29, 0.717) is 24.5 Å². The summed E-state index contributed by atoms with van der Waals surface area (Å²) < 4.78 is 11.4. The fourth-order valence-electron chi connectivity index (χ4n) is 4.26. The van der Waals surface area contributed by atoms with Crippen LogP contribution in [-0.4, -0.2) is 37.5 Å². The van der Waals surface area contributed by atoms with Crippen LogP contribution in [-0.2, 0) is 14.3 Å². The summed E-state index contributed by atoms with van der Waals surface area (Å²) in [6, 6.07) is 0. The maximum atomic E-state index is 12.3. The zero-order chi connectivity index (χ0) is 14.0. The second-order valence-electron chi connectivity index (χ2n) is 6.01. The van der Waals surface area contributed by atoms with Gasteiger partial charge in [0.1, 0.15) is 5.78 Å². The van der Waals surface area contributed by atoms with Crippen molar-refractivity contribution < 1.29 is 19.4 Å². The summed E-state index contributed by atoms with van der Waals surface area (Å²) in [7, 11) is 3.33. The largest absolute Gasteiger partial charge is 0.396 e. The summed E-state index contributed by atoms with van der Waals surface area (Å²) in [5, 5.41) is 9.51. The quantitative estimate of drug-likeness (QED) is 0.794. The van der Waals surface area contributed by atoms with E-state index in [-0.39, 0.29) is 24.4 Å². The molecule has 0 aromatic carbocycles.